The Morgan fingerprint density at radius 2 is 1.79 bits per heavy atom. The van der Waals surface area contributed by atoms with Crippen molar-refractivity contribution in [1.82, 2.24) is 0 Å². The number of carbonyl (C=O) groups excluding carboxylic acids is 1. The summed E-state index contributed by atoms with van der Waals surface area (Å²) in [5, 5.41) is 0.127. The molecule has 5 fully saturated rings. The average molecular weight is 405 g/mol. The third-order valence-corrected chi connectivity index (χ3v) is 11.8. The van der Waals surface area contributed by atoms with Crippen molar-refractivity contribution < 1.29 is 9.53 Å². The van der Waals surface area contributed by atoms with E-state index in [1.807, 2.05) is 11.8 Å². The third-order valence-electron chi connectivity index (χ3n) is 10.5. The van der Waals surface area contributed by atoms with E-state index in [4.69, 9.17) is 4.74 Å². The van der Waals surface area contributed by atoms with Crippen LogP contribution < -0.4 is 0 Å². The van der Waals surface area contributed by atoms with Gasteiger partial charge in [0.15, 0.2) is 0 Å². The van der Waals surface area contributed by atoms with Crippen molar-refractivity contribution in [2.45, 2.75) is 96.1 Å². The van der Waals surface area contributed by atoms with Crippen molar-refractivity contribution in [3.05, 3.63) is 0 Å². The molecular weight excluding hydrogens is 364 g/mol. The van der Waals surface area contributed by atoms with Crippen molar-refractivity contribution in [1.29, 1.82) is 0 Å². The molecule has 1 aliphatic heterocycles. The number of esters is 1. The Balaban J connectivity index is 1.24. The van der Waals surface area contributed by atoms with Gasteiger partial charge in [0.1, 0.15) is 5.25 Å². The van der Waals surface area contributed by atoms with Gasteiger partial charge in [-0.15, -0.1) is 11.8 Å². The average Bonchev–Trinajstić information content (AvgIpc) is 3.24. The molecule has 8 atom stereocenters. The SMILES string of the molecule is C[C@]12CC[C@H]3[C@@H](CCC4CCCC[C@@]43C)[C@@H]1CC[C@@H]2CCSC1CCOC1=O. The molecule has 0 N–H and O–H groups in total. The van der Waals surface area contributed by atoms with E-state index in [1.54, 1.807) is 0 Å². The number of fused-ring (bicyclic) bond motifs is 5. The summed E-state index contributed by atoms with van der Waals surface area (Å²) in [6.07, 6.45) is 17.2. The number of carbonyl (C=O) groups is 1. The summed E-state index contributed by atoms with van der Waals surface area (Å²) in [6, 6.07) is 0. The molecule has 0 amide bonds. The van der Waals surface area contributed by atoms with Crippen molar-refractivity contribution in [3.63, 3.8) is 0 Å². The van der Waals surface area contributed by atoms with E-state index in [-0.39, 0.29) is 11.2 Å². The molecule has 1 saturated heterocycles. The van der Waals surface area contributed by atoms with Gasteiger partial charge in [-0.25, -0.2) is 0 Å². The number of rotatable bonds is 4. The largest absolute Gasteiger partial charge is 0.465 e. The molecular formula is C25H40O2S. The van der Waals surface area contributed by atoms with Crippen LogP contribution in [0.25, 0.3) is 0 Å². The molecule has 5 aliphatic rings. The second kappa shape index (κ2) is 7.50. The van der Waals surface area contributed by atoms with Crippen LogP contribution in [0.2, 0.25) is 0 Å². The van der Waals surface area contributed by atoms with E-state index in [2.05, 4.69) is 13.8 Å². The quantitative estimate of drug-likeness (QED) is 0.502. The Hall–Kier alpha value is -0.180. The molecule has 4 aliphatic carbocycles. The first-order chi connectivity index (χ1) is 13.5. The fourth-order valence-corrected chi connectivity index (χ4v) is 10.0. The van der Waals surface area contributed by atoms with Gasteiger partial charge in [-0.2, -0.15) is 0 Å². The van der Waals surface area contributed by atoms with Crippen LogP contribution >= 0.6 is 11.8 Å². The molecule has 0 spiro atoms. The van der Waals surface area contributed by atoms with E-state index < -0.39 is 0 Å². The Morgan fingerprint density at radius 1 is 0.929 bits per heavy atom. The van der Waals surface area contributed by atoms with Gasteiger partial charge in [-0.3, -0.25) is 4.79 Å². The summed E-state index contributed by atoms with van der Waals surface area (Å²) >= 11 is 1.88. The fourth-order valence-electron chi connectivity index (χ4n) is 8.86. The Morgan fingerprint density at radius 3 is 2.61 bits per heavy atom. The minimum atomic E-state index is 0.0403. The maximum atomic E-state index is 11.8. The molecule has 0 aromatic carbocycles. The zero-order chi connectivity index (χ0) is 19.4. The van der Waals surface area contributed by atoms with E-state index >= 15 is 0 Å². The lowest BCUT2D eigenvalue weighted by atomic mass is 9.45. The van der Waals surface area contributed by atoms with Crippen LogP contribution in [0.15, 0.2) is 0 Å². The van der Waals surface area contributed by atoms with Crippen LogP contribution in [0.4, 0.5) is 0 Å². The predicted molar refractivity (Wildman–Crippen MR) is 116 cm³/mol. The van der Waals surface area contributed by atoms with E-state index in [9.17, 15) is 4.79 Å². The number of hydrogen-bond acceptors (Lipinski definition) is 3. The highest BCUT2D eigenvalue weighted by Gasteiger charge is 2.59. The van der Waals surface area contributed by atoms with Gasteiger partial charge in [-0.05, 0) is 104 Å². The smallest absolute Gasteiger partial charge is 0.319 e. The molecule has 0 radical (unpaired) electrons. The van der Waals surface area contributed by atoms with Gasteiger partial charge >= 0.3 is 5.97 Å². The molecule has 28 heavy (non-hydrogen) atoms. The molecule has 5 rings (SSSR count). The monoisotopic (exact) mass is 404 g/mol. The number of hydrogen-bond donors (Lipinski definition) is 0. The highest BCUT2D eigenvalue weighted by atomic mass is 32.2. The van der Waals surface area contributed by atoms with Crippen LogP contribution in [0.1, 0.15) is 90.9 Å². The topological polar surface area (TPSA) is 26.3 Å². The van der Waals surface area contributed by atoms with Crippen molar-refractivity contribution >= 4 is 17.7 Å². The maximum absolute atomic E-state index is 11.8. The molecule has 0 bridgehead atoms. The number of thioether (sulfide) groups is 1. The van der Waals surface area contributed by atoms with Crippen LogP contribution in [0, 0.1) is 40.4 Å². The predicted octanol–water partition coefficient (Wildman–Crippen LogP) is 6.47. The second-order valence-corrected chi connectivity index (χ2v) is 12.6. The number of ether oxygens (including phenoxy) is 1. The Labute approximate surface area is 176 Å². The molecule has 2 unspecified atom stereocenters. The summed E-state index contributed by atoms with van der Waals surface area (Å²) in [5.74, 6) is 6.13. The zero-order valence-electron chi connectivity index (χ0n) is 18.1. The minimum absolute atomic E-state index is 0.0403. The van der Waals surface area contributed by atoms with E-state index in [0.29, 0.717) is 17.4 Å². The lowest BCUT2D eigenvalue weighted by Crippen LogP contribution is -2.52. The lowest BCUT2D eigenvalue weighted by Gasteiger charge is -2.60. The van der Waals surface area contributed by atoms with Crippen LogP contribution in [0.5, 0.6) is 0 Å². The second-order valence-electron chi connectivity index (χ2n) is 11.3. The molecule has 4 saturated carbocycles. The first kappa shape index (κ1) is 19.8. The van der Waals surface area contributed by atoms with Gasteiger partial charge in [0.2, 0.25) is 0 Å². The van der Waals surface area contributed by atoms with Gasteiger partial charge in [0.25, 0.3) is 0 Å². The molecule has 1 heterocycles. The minimum Gasteiger partial charge on any atom is -0.465 e. The lowest BCUT2D eigenvalue weighted by molar-refractivity contribution is -0.137. The summed E-state index contributed by atoms with van der Waals surface area (Å²) in [6.45, 7) is 6.00. The molecule has 0 aromatic rings. The summed E-state index contributed by atoms with van der Waals surface area (Å²) in [5.41, 5.74) is 1.25. The highest BCUT2D eigenvalue weighted by molar-refractivity contribution is 8.00. The highest BCUT2D eigenvalue weighted by Crippen LogP contribution is 2.67. The van der Waals surface area contributed by atoms with Gasteiger partial charge in [0.05, 0.1) is 6.61 Å². The standard InChI is InChI=1S/C25H40O2S/c1-24-13-4-3-5-17(24)6-8-19-20-9-7-18(25(20,2)14-10-21(19)24)12-16-28-22-11-15-27-23(22)26/h17-22H,3-16H2,1-2H3/t17?,18-,19+,20+,21+,22?,24+,25-/m1/s1. The van der Waals surface area contributed by atoms with E-state index in [1.165, 1.54) is 70.6 Å². The summed E-state index contributed by atoms with van der Waals surface area (Å²) < 4.78 is 5.15. The molecule has 3 heteroatoms. The van der Waals surface area contributed by atoms with Crippen molar-refractivity contribution in [2.75, 3.05) is 12.4 Å². The third kappa shape index (κ3) is 3.08. The van der Waals surface area contributed by atoms with Crippen LogP contribution in [-0.4, -0.2) is 23.6 Å². The summed E-state index contributed by atoms with van der Waals surface area (Å²) in [7, 11) is 0. The summed E-state index contributed by atoms with van der Waals surface area (Å²) in [4.78, 5) is 11.8. The van der Waals surface area contributed by atoms with Crippen LogP contribution in [-0.2, 0) is 9.53 Å². The van der Waals surface area contributed by atoms with Crippen molar-refractivity contribution in [2.24, 2.45) is 40.4 Å². The van der Waals surface area contributed by atoms with Gasteiger partial charge in [-0.1, -0.05) is 26.7 Å². The molecule has 2 nitrogen and oxygen atoms in total. The normalized spacial score (nSPS) is 50.6. The first-order valence-electron chi connectivity index (χ1n) is 12.3. The first-order valence-corrected chi connectivity index (χ1v) is 13.4. The number of cyclic esters (lactones) is 1. The van der Waals surface area contributed by atoms with E-state index in [0.717, 1.165) is 41.8 Å². The Kier molecular flexibility index (Phi) is 5.30. The van der Waals surface area contributed by atoms with Crippen molar-refractivity contribution in [3.8, 4) is 0 Å². The fraction of sp³-hybridized carbons (Fsp3) is 0.960. The zero-order valence-corrected chi connectivity index (χ0v) is 18.9. The molecule has 0 aromatic heterocycles. The van der Waals surface area contributed by atoms with Gasteiger partial charge in [0, 0.05) is 6.42 Å². The van der Waals surface area contributed by atoms with Gasteiger partial charge < -0.3 is 4.74 Å². The van der Waals surface area contributed by atoms with Crippen LogP contribution in [0.3, 0.4) is 0 Å². The molecule has 158 valence electrons. The maximum Gasteiger partial charge on any atom is 0.319 e. The Bertz CT molecular complexity index is 605.